The first-order valence-electron chi connectivity index (χ1n) is 9.81. The second kappa shape index (κ2) is 9.69. The van der Waals surface area contributed by atoms with Crippen molar-refractivity contribution in [2.24, 2.45) is 0 Å². The molecule has 1 heterocycles. The van der Waals surface area contributed by atoms with Gasteiger partial charge in [0.1, 0.15) is 0 Å². The van der Waals surface area contributed by atoms with Gasteiger partial charge in [0.05, 0.1) is 0 Å². The summed E-state index contributed by atoms with van der Waals surface area (Å²) in [6.45, 7) is 2.06. The van der Waals surface area contributed by atoms with Gasteiger partial charge in [-0.25, -0.2) is 0 Å². The lowest BCUT2D eigenvalue weighted by Crippen LogP contribution is -2.37. The van der Waals surface area contributed by atoms with E-state index in [4.69, 9.17) is 0 Å². The standard InChI is InChI=1S/C26H21Br2NO/c27-24-12-6-4-10-20(24)14-22-17-29(16-19-8-2-1-3-9-19)18-23(26(22)30)15-21-11-5-7-13-25(21)28/h1-15H,16-18H2. The van der Waals surface area contributed by atoms with E-state index >= 15 is 0 Å². The molecule has 0 aromatic heterocycles. The van der Waals surface area contributed by atoms with Gasteiger partial charge in [-0.15, -0.1) is 0 Å². The molecule has 0 amide bonds. The van der Waals surface area contributed by atoms with Crippen molar-refractivity contribution < 1.29 is 4.79 Å². The Morgan fingerprint density at radius 2 is 1.17 bits per heavy atom. The molecule has 3 aromatic rings. The lowest BCUT2D eigenvalue weighted by atomic mass is 9.94. The van der Waals surface area contributed by atoms with Crippen molar-refractivity contribution in [3.8, 4) is 0 Å². The van der Waals surface area contributed by atoms with Crippen LogP contribution in [0.25, 0.3) is 12.2 Å². The van der Waals surface area contributed by atoms with E-state index in [1.807, 2.05) is 66.7 Å². The highest BCUT2D eigenvalue weighted by Crippen LogP contribution is 2.27. The maximum atomic E-state index is 13.4. The van der Waals surface area contributed by atoms with Crippen LogP contribution in [0.4, 0.5) is 0 Å². The maximum Gasteiger partial charge on any atom is 0.187 e. The number of likely N-dealkylation sites (tertiary alicyclic amines) is 1. The third kappa shape index (κ3) is 5.07. The molecule has 0 atom stereocenters. The van der Waals surface area contributed by atoms with Crippen LogP contribution in [0.5, 0.6) is 0 Å². The lowest BCUT2D eigenvalue weighted by molar-refractivity contribution is -0.113. The Hall–Kier alpha value is -2.27. The zero-order chi connectivity index (χ0) is 20.9. The summed E-state index contributed by atoms with van der Waals surface area (Å²) in [7, 11) is 0. The monoisotopic (exact) mass is 521 g/mol. The van der Waals surface area contributed by atoms with E-state index in [0.717, 1.165) is 37.8 Å². The highest BCUT2D eigenvalue weighted by Gasteiger charge is 2.26. The SMILES string of the molecule is O=C1C(=Cc2ccccc2Br)CN(Cc2ccccc2)CC1=Cc1ccccc1Br. The average molecular weight is 523 g/mol. The third-order valence-electron chi connectivity index (χ3n) is 5.09. The van der Waals surface area contributed by atoms with E-state index in [9.17, 15) is 4.79 Å². The van der Waals surface area contributed by atoms with Crippen LogP contribution in [0.15, 0.2) is 99.0 Å². The van der Waals surface area contributed by atoms with Crippen LogP contribution >= 0.6 is 31.9 Å². The Bertz CT molecular complexity index is 1050. The van der Waals surface area contributed by atoms with Crippen LogP contribution in [0, 0.1) is 0 Å². The first-order chi connectivity index (χ1) is 14.6. The smallest absolute Gasteiger partial charge is 0.187 e. The number of hydrogen-bond acceptors (Lipinski definition) is 2. The van der Waals surface area contributed by atoms with E-state index in [1.165, 1.54) is 5.56 Å². The summed E-state index contributed by atoms with van der Waals surface area (Å²) >= 11 is 7.20. The topological polar surface area (TPSA) is 20.3 Å². The van der Waals surface area contributed by atoms with Gasteiger partial charge in [-0.2, -0.15) is 0 Å². The van der Waals surface area contributed by atoms with Gasteiger partial charge in [0.15, 0.2) is 5.78 Å². The van der Waals surface area contributed by atoms with Crippen molar-refractivity contribution in [3.05, 3.63) is 116 Å². The zero-order valence-corrected chi connectivity index (χ0v) is 19.6. The first kappa shape index (κ1) is 21.0. The molecule has 0 aliphatic carbocycles. The first-order valence-corrected chi connectivity index (χ1v) is 11.4. The molecular weight excluding hydrogens is 502 g/mol. The Kier molecular flexibility index (Phi) is 6.78. The average Bonchev–Trinajstić information content (AvgIpc) is 2.75. The van der Waals surface area contributed by atoms with Gasteiger partial charge in [0.2, 0.25) is 0 Å². The van der Waals surface area contributed by atoms with Crippen molar-refractivity contribution in [3.63, 3.8) is 0 Å². The lowest BCUT2D eigenvalue weighted by Gasteiger charge is -2.30. The molecule has 0 bridgehead atoms. The minimum Gasteiger partial charge on any atom is -0.290 e. The van der Waals surface area contributed by atoms with E-state index in [1.54, 1.807) is 0 Å². The molecule has 1 saturated heterocycles. The minimum absolute atomic E-state index is 0.116. The van der Waals surface area contributed by atoms with Gasteiger partial charge < -0.3 is 0 Å². The second-order valence-electron chi connectivity index (χ2n) is 7.34. The summed E-state index contributed by atoms with van der Waals surface area (Å²) < 4.78 is 1.98. The van der Waals surface area contributed by atoms with Gasteiger partial charge in [-0.05, 0) is 41.0 Å². The molecule has 150 valence electrons. The van der Waals surface area contributed by atoms with Crippen LogP contribution in [0.1, 0.15) is 16.7 Å². The Balaban J connectivity index is 1.71. The number of rotatable bonds is 4. The van der Waals surface area contributed by atoms with Crippen molar-refractivity contribution in [1.29, 1.82) is 0 Å². The normalized spacial score (nSPS) is 17.6. The fourth-order valence-electron chi connectivity index (χ4n) is 3.62. The largest absolute Gasteiger partial charge is 0.290 e. The number of nitrogens with zero attached hydrogens (tertiary/aromatic N) is 1. The van der Waals surface area contributed by atoms with Gasteiger partial charge in [0, 0.05) is 39.7 Å². The number of ketones is 1. The number of benzene rings is 3. The van der Waals surface area contributed by atoms with E-state index in [-0.39, 0.29) is 5.78 Å². The molecule has 1 aliphatic heterocycles. The van der Waals surface area contributed by atoms with Gasteiger partial charge >= 0.3 is 0 Å². The molecule has 1 fully saturated rings. The quantitative estimate of drug-likeness (QED) is 0.352. The van der Waals surface area contributed by atoms with Gasteiger partial charge in [0.25, 0.3) is 0 Å². The van der Waals surface area contributed by atoms with Crippen molar-refractivity contribution >= 4 is 49.8 Å². The molecular formula is C26H21Br2NO. The molecule has 0 N–H and O–H groups in total. The highest BCUT2D eigenvalue weighted by atomic mass is 79.9. The summed E-state index contributed by atoms with van der Waals surface area (Å²) in [6, 6.07) is 26.4. The summed E-state index contributed by atoms with van der Waals surface area (Å²) in [6.07, 6.45) is 4.02. The Morgan fingerprint density at radius 3 is 1.67 bits per heavy atom. The molecule has 1 aliphatic rings. The van der Waals surface area contributed by atoms with Crippen molar-refractivity contribution in [2.45, 2.75) is 6.54 Å². The van der Waals surface area contributed by atoms with Gasteiger partial charge in [-0.3, -0.25) is 9.69 Å². The van der Waals surface area contributed by atoms with E-state index < -0.39 is 0 Å². The summed E-state index contributed by atoms with van der Waals surface area (Å²) in [5, 5.41) is 0. The fourth-order valence-corrected chi connectivity index (χ4v) is 4.42. The van der Waals surface area contributed by atoms with Crippen LogP contribution in [0.3, 0.4) is 0 Å². The van der Waals surface area contributed by atoms with Crippen LogP contribution < -0.4 is 0 Å². The molecule has 3 aromatic carbocycles. The second-order valence-corrected chi connectivity index (χ2v) is 9.05. The molecule has 2 nitrogen and oxygen atoms in total. The van der Waals surface area contributed by atoms with E-state index in [0.29, 0.717) is 13.1 Å². The number of carbonyl (C=O) groups is 1. The highest BCUT2D eigenvalue weighted by molar-refractivity contribution is 9.10. The Labute approximate surface area is 194 Å². The number of Topliss-reactive ketones (excluding diaryl/α,β-unsaturated/α-hetero) is 1. The van der Waals surface area contributed by atoms with Crippen molar-refractivity contribution in [2.75, 3.05) is 13.1 Å². The summed E-state index contributed by atoms with van der Waals surface area (Å²) in [4.78, 5) is 15.7. The molecule has 4 heteroatoms. The predicted octanol–water partition coefficient (Wildman–Crippen LogP) is 6.76. The van der Waals surface area contributed by atoms with Gasteiger partial charge in [-0.1, -0.05) is 98.6 Å². The molecule has 0 saturated carbocycles. The predicted molar refractivity (Wildman–Crippen MR) is 131 cm³/mol. The summed E-state index contributed by atoms with van der Waals surface area (Å²) in [5.74, 6) is 0.116. The number of hydrogen-bond donors (Lipinski definition) is 0. The fraction of sp³-hybridized carbons (Fsp3) is 0.115. The minimum atomic E-state index is 0.116. The molecule has 0 spiro atoms. The molecule has 0 unspecified atom stereocenters. The zero-order valence-electron chi connectivity index (χ0n) is 16.4. The van der Waals surface area contributed by atoms with Crippen LogP contribution in [-0.4, -0.2) is 23.8 Å². The number of carbonyl (C=O) groups excluding carboxylic acids is 1. The maximum absolute atomic E-state index is 13.4. The summed E-state index contributed by atoms with van der Waals surface area (Å²) in [5.41, 5.74) is 4.89. The number of piperidine rings is 1. The number of halogens is 2. The Morgan fingerprint density at radius 1 is 0.700 bits per heavy atom. The molecule has 0 radical (unpaired) electrons. The van der Waals surface area contributed by atoms with Crippen LogP contribution in [-0.2, 0) is 11.3 Å². The van der Waals surface area contributed by atoms with Crippen molar-refractivity contribution in [1.82, 2.24) is 4.90 Å². The third-order valence-corrected chi connectivity index (χ3v) is 6.53. The van der Waals surface area contributed by atoms with Crippen LogP contribution in [0.2, 0.25) is 0 Å². The molecule has 4 rings (SSSR count). The van der Waals surface area contributed by atoms with E-state index in [2.05, 4.69) is 61.0 Å². The molecule has 30 heavy (non-hydrogen) atoms.